The van der Waals surface area contributed by atoms with E-state index in [0.717, 1.165) is 11.1 Å². The lowest BCUT2D eigenvalue weighted by atomic mass is 9.98. The molecule has 0 aliphatic heterocycles. The van der Waals surface area contributed by atoms with Crippen LogP contribution in [0.25, 0.3) is 0 Å². The van der Waals surface area contributed by atoms with Gasteiger partial charge in [-0.05, 0) is 42.9 Å². The first-order valence-corrected chi connectivity index (χ1v) is 13.8. The van der Waals surface area contributed by atoms with Gasteiger partial charge in [-0.3, -0.25) is 14.4 Å². The Bertz CT molecular complexity index is 1080. The van der Waals surface area contributed by atoms with Crippen molar-refractivity contribution < 1.29 is 24.3 Å². The second kappa shape index (κ2) is 17.0. The minimum atomic E-state index is -1.20. The highest BCUT2D eigenvalue weighted by Gasteiger charge is 2.31. The van der Waals surface area contributed by atoms with E-state index < -0.39 is 47.9 Å². The number of benzene rings is 2. The SMILES string of the molecule is CCC(C)C(N)C(=O)NC(CCCCN)C(=O)NC(Cc1ccccc1)C(=O)NC(Cc1ccccc1)C(=O)O. The highest BCUT2D eigenvalue weighted by atomic mass is 16.4. The fourth-order valence-corrected chi connectivity index (χ4v) is 4.20. The van der Waals surface area contributed by atoms with E-state index in [1.807, 2.05) is 50.2 Å². The van der Waals surface area contributed by atoms with Crippen molar-refractivity contribution in [1.29, 1.82) is 0 Å². The topological polar surface area (TPSA) is 177 Å². The van der Waals surface area contributed by atoms with Crippen LogP contribution in [0.5, 0.6) is 0 Å². The molecule has 0 fully saturated rings. The number of carboxylic acids is 1. The number of nitrogens with one attached hydrogen (secondary N) is 3. The van der Waals surface area contributed by atoms with Crippen LogP contribution < -0.4 is 27.4 Å². The van der Waals surface area contributed by atoms with Crippen molar-refractivity contribution in [3.8, 4) is 0 Å². The summed E-state index contributed by atoms with van der Waals surface area (Å²) in [5.74, 6) is -2.90. The van der Waals surface area contributed by atoms with Crippen molar-refractivity contribution in [3.05, 3.63) is 71.8 Å². The van der Waals surface area contributed by atoms with Gasteiger partial charge in [0.25, 0.3) is 0 Å². The minimum Gasteiger partial charge on any atom is -0.480 e. The van der Waals surface area contributed by atoms with Crippen molar-refractivity contribution in [3.63, 3.8) is 0 Å². The number of hydrogen-bond acceptors (Lipinski definition) is 6. The third-order valence-electron chi connectivity index (χ3n) is 6.95. The summed E-state index contributed by atoms with van der Waals surface area (Å²) in [5.41, 5.74) is 13.2. The Morgan fingerprint density at radius 2 is 1.23 bits per heavy atom. The third kappa shape index (κ3) is 10.8. The minimum absolute atomic E-state index is 0.0815. The van der Waals surface area contributed by atoms with E-state index in [-0.39, 0.29) is 18.8 Å². The van der Waals surface area contributed by atoms with Gasteiger partial charge in [0.05, 0.1) is 6.04 Å². The quantitative estimate of drug-likeness (QED) is 0.161. The predicted octanol–water partition coefficient (Wildman–Crippen LogP) is 1.51. The fraction of sp³-hybridized carbons (Fsp3) is 0.467. The van der Waals surface area contributed by atoms with Crippen LogP contribution in [-0.4, -0.2) is 59.5 Å². The molecule has 40 heavy (non-hydrogen) atoms. The summed E-state index contributed by atoms with van der Waals surface area (Å²) in [6, 6.07) is 14.1. The molecule has 0 aliphatic carbocycles. The number of amides is 3. The molecule has 5 atom stereocenters. The zero-order valence-electron chi connectivity index (χ0n) is 23.3. The highest BCUT2D eigenvalue weighted by molar-refractivity contribution is 5.94. The number of unbranched alkanes of at least 4 members (excludes halogenated alkanes) is 1. The van der Waals surface area contributed by atoms with Gasteiger partial charge in [0.2, 0.25) is 17.7 Å². The average Bonchev–Trinajstić information content (AvgIpc) is 2.96. The molecule has 0 heterocycles. The highest BCUT2D eigenvalue weighted by Crippen LogP contribution is 2.10. The maximum absolute atomic E-state index is 13.5. The van der Waals surface area contributed by atoms with E-state index in [4.69, 9.17) is 11.5 Å². The Morgan fingerprint density at radius 3 is 1.73 bits per heavy atom. The van der Waals surface area contributed by atoms with E-state index in [1.54, 1.807) is 24.3 Å². The lowest BCUT2D eigenvalue weighted by Crippen LogP contribution is -2.58. The Kier molecular flexibility index (Phi) is 13.8. The van der Waals surface area contributed by atoms with Gasteiger partial charge in [0.15, 0.2) is 0 Å². The van der Waals surface area contributed by atoms with Gasteiger partial charge in [-0.2, -0.15) is 0 Å². The Balaban J connectivity index is 2.24. The van der Waals surface area contributed by atoms with Crippen molar-refractivity contribution in [1.82, 2.24) is 16.0 Å². The summed E-state index contributed by atoms with van der Waals surface area (Å²) in [6.07, 6.45) is 2.47. The molecule has 218 valence electrons. The molecule has 10 heteroatoms. The molecule has 8 N–H and O–H groups in total. The summed E-state index contributed by atoms with van der Waals surface area (Å²) >= 11 is 0. The van der Waals surface area contributed by atoms with Crippen LogP contribution in [0.15, 0.2) is 60.7 Å². The average molecular weight is 554 g/mol. The Morgan fingerprint density at radius 1 is 0.750 bits per heavy atom. The van der Waals surface area contributed by atoms with Crippen LogP contribution in [0, 0.1) is 5.92 Å². The molecule has 0 spiro atoms. The van der Waals surface area contributed by atoms with Crippen LogP contribution in [-0.2, 0) is 32.0 Å². The molecule has 2 aromatic rings. The standard InChI is InChI=1S/C30H43N5O5/c1-3-20(2)26(32)29(38)33-23(16-10-11-17-31)27(36)34-24(18-21-12-6-4-7-13-21)28(37)35-25(30(39)40)19-22-14-8-5-9-15-22/h4-9,12-15,20,23-26H,3,10-11,16-19,31-32H2,1-2H3,(H,33,38)(H,34,36)(H,35,37)(H,39,40). The Hall–Kier alpha value is -3.76. The molecule has 2 rings (SSSR count). The fourth-order valence-electron chi connectivity index (χ4n) is 4.20. The lowest BCUT2D eigenvalue weighted by molar-refractivity contribution is -0.142. The predicted molar refractivity (Wildman–Crippen MR) is 154 cm³/mol. The van der Waals surface area contributed by atoms with Crippen molar-refractivity contribution >= 4 is 23.7 Å². The summed E-state index contributed by atoms with van der Waals surface area (Å²) in [5, 5.41) is 17.9. The molecular weight excluding hydrogens is 510 g/mol. The number of aliphatic carboxylic acids is 1. The maximum atomic E-state index is 13.5. The number of carboxylic acid groups (broad SMARTS) is 1. The summed E-state index contributed by atoms with van der Waals surface area (Å²) in [6.45, 7) is 4.23. The molecule has 0 saturated carbocycles. The molecular formula is C30H43N5O5. The second-order valence-corrected chi connectivity index (χ2v) is 10.1. The molecule has 10 nitrogen and oxygen atoms in total. The zero-order chi connectivity index (χ0) is 29.5. The van der Waals surface area contributed by atoms with Crippen LogP contribution in [0.1, 0.15) is 50.7 Å². The summed E-state index contributed by atoms with van der Waals surface area (Å²) in [4.78, 5) is 51.7. The van der Waals surface area contributed by atoms with Gasteiger partial charge in [-0.15, -0.1) is 0 Å². The van der Waals surface area contributed by atoms with Crippen molar-refractivity contribution in [2.24, 2.45) is 17.4 Å². The molecule has 0 aromatic heterocycles. The second-order valence-electron chi connectivity index (χ2n) is 10.1. The number of nitrogens with two attached hydrogens (primary N) is 2. The largest absolute Gasteiger partial charge is 0.480 e. The summed E-state index contributed by atoms with van der Waals surface area (Å²) < 4.78 is 0. The normalized spacial score (nSPS) is 14.7. The summed E-state index contributed by atoms with van der Waals surface area (Å²) in [7, 11) is 0. The number of carbonyl (C=O) groups is 4. The van der Waals surface area contributed by atoms with E-state index in [0.29, 0.717) is 32.2 Å². The van der Waals surface area contributed by atoms with Crippen LogP contribution >= 0.6 is 0 Å². The van der Waals surface area contributed by atoms with E-state index >= 15 is 0 Å². The first-order valence-electron chi connectivity index (χ1n) is 13.8. The van der Waals surface area contributed by atoms with Crippen LogP contribution in [0.4, 0.5) is 0 Å². The number of hydrogen-bond donors (Lipinski definition) is 6. The van der Waals surface area contributed by atoms with E-state index in [9.17, 15) is 24.3 Å². The lowest BCUT2D eigenvalue weighted by Gasteiger charge is -2.26. The van der Waals surface area contributed by atoms with Gasteiger partial charge in [-0.25, -0.2) is 4.79 Å². The van der Waals surface area contributed by atoms with Crippen molar-refractivity contribution in [2.75, 3.05) is 6.54 Å². The number of rotatable bonds is 17. The molecule has 0 bridgehead atoms. The Labute approximate surface area is 236 Å². The van der Waals surface area contributed by atoms with Gasteiger partial charge in [0, 0.05) is 12.8 Å². The molecule has 5 unspecified atom stereocenters. The van der Waals surface area contributed by atoms with Crippen molar-refractivity contribution in [2.45, 2.75) is 76.5 Å². The molecule has 0 saturated heterocycles. The maximum Gasteiger partial charge on any atom is 0.326 e. The van der Waals surface area contributed by atoms with E-state index in [1.165, 1.54) is 0 Å². The van der Waals surface area contributed by atoms with E-state index in [2.05, 4.69) is 16.0 Å². The van der Waals surface area contributed by atoms with Gasteiger partial charge in [0.1, 0.15) is 18.1 Å². The molecule has 0 aliphatic rings. The monoisotopic (exact) mass is 553 g/mol. The first-order chi connectivity index (χ1) is 19.2. The van der Waals surface area contributed by atoms with Crippen LogP contribution in [0.3, 0.4) is 0 Å². The zero-order valence-corrected chi connectivity index (χ0v) is 23.3. The third-order valence-corrected chi connectivity index (χ3v) is 6.95. The molecule has 3 amide bonds. The smallest absolute Gasteiger partial charge is 0.326 e. The molecule has 2 aromatic carbocycles. The van der Waals surface area contributed by atoms with Gasteiger partial charge < -0.3 is 32.5 Å². The van der Waals surface area contributed by atoms with Crippen LogP contribution in [0.2, 0.25) is 0 Å². The van der Waals surface area contributed by atoms with Gasteiger partial charge in [-0.1, -0.05) is 80.9 Å². The molecule has 0 radical (unpaired) electrons. The number of carbonyl (C=O) groups excluding carboxylic acids is 3. The first kappa shape index (κ1) is 32.5. The van der Waals surface area contributed by atoms with Gasteiger partial charge >= 0.3 is 5.97 Å².